The molecule has 1 saturated heterocycles. The molecule has 0 aliphatic carbocycles. The van der Waals surface area contributed by atoms with Crippen LogP contribution in [0, 0.1) is 6.92 Å². The summed E-state index contributed by atoms with van der Waals surface area (Å²) in [5.74, 6) is 0.445. The first-order chi connectivity index (χ1) is 17.6. The molecule has 4 N–H and O–H groups in total. The first-order valence-corrected chi connectivity index (χ1v) is 12.1. The van der Waals surface area contributed by atoms with Crippen molar-refractivity contribution in [3.63, 3.8) is 0 Å². The highest BCUT2D eigenvalue weighted by atomic mass is 19.4. The Morgan fingerprint density at radius 3 is 2.34 bits per heavy atom. The molecule has 1 fully saturated rings. The first kappa shape index (κ1) is 27.6. The van der Waals surface area contributed by atoms with Crippen LogP contribution in [0.25, 0.3) is 10.8 Å². The monoisotopic (exact) mass is 537 g/mol. The van der Waals surface area contributed by atoms with E-state index in [-0.39, 0.29) is 30.2 Å². The number of aromatic amines is 1. The molecule has 3 aromatic rings. The van der Waals surface area contributed by atoms with Gasteiger partial charge in [-0.25, -0.2) is 0 Å². The summed E-state index contributed by atoms with van der Waals surface area (Å²) < 4.78 is 40.0. The molecule has 0 amide bonds. The molecular weight excluding hydrogens is 505 g/mol. The van der Waals surface area contributed by atoms with Crippen LogP contribution in [0.3, 0.4) is 0 Å². The quantitative estimate of drug-likeness (QED) is 0.282. The number of nitrogens with one attached hydrogen (secondary N) is 2. The highest BCUT2D eigenvalue weighted by molar-refractivity contribution is 5.89. The third-order valence-electron chi connectivity index (χ3n) is 6.77. The van der Waals surface area contributed by atoms with Gasteiger partial charge in [0.05, 0.1) is 6.54 Å². The predicted octanol–water partition coefficient (Wildman–Crippen LogP) is 3.11. The Bertz CT molecular complexity index is 1450. The van der Waals surface area contributed by atoms with Crippen molar-refractivity contribution in [3.8, 4) is 0 Å². The van der Waals surface area contributed by atoms with Crippen molar-refractivity contribution in [3.05, 3.63) is 62.2 Å². The maximum absolute atomic E-state index is 13.4. The molecule has 1 aliphatic heterocycles. The number of piperazine rings is 1. The van der Waals surface area contributed by atoms with Gasteiger partial charge in [0, 0.05) is 50.7 Å². The minimum atomic E-state index is -4.26. The molecule has 4 rings (SSSR count). The van der Waals surface area contributed by atoms with E-state index in [1.165, 1.54) is 21.6 Å². The molecule has 1 unspecified atom stereocenters. The standard InChI is InChI=1S/C25H31F3N6O4/c1-15-11-17(16(2)29-20-5-6-21(35)30-23(20)34(4,37)38)18-13-22(31(3)24(36)19(18)12-15)33-9-7-32(8-10-33)14-25(26,27)28/h5-6,11-13,16,29,37-38H,7-10,14H2,1-4H3/p+1. The summed E-state index contributed by atoms with van der Waals surface area (Å²) in [6, 6.07) is 7.85. The van der Waals surface area contributed by atoms with E-state index in [1.54, 1.807) is 13.1 Å². The number of nitrogens with zero attached hydrogens (tertiary/aromatic N) is 4. The van der Waals surface area contributed by atoms with Crippen LogP contribution in [0.15, 0.2) is 39.9 Å². The van der Waals surface area contributed by atoms with Crippen molar-refractivity contribution in [1.29, 1.82) is 0 Å². The molecule has 0 radical (unpaired) electrons. The fourth-order valence-corrected chi connectivity index (χ4v) is 4.95. The van der Waals surface area contributed by atoms with Crippen LogP contribution >= 0.6 is 0 Å². The summed E-state index contributed by atoms with van der Waals surface area (Å²) in [7, 11) is 2.73. The second-order valence-corrected chi connectivity index (χ2v) is 9.92. The molecule has 38 heavy (non-hydrogen) atoms. The number of rotatable bonds is 6. The molecule has 0 saturated carbocycles. The minimum absolute atomic E-state index is 0.158. The Morgan fingerprint density at radius 1 is 1.08 bits per heavy atom. The summed E-state index contributed by atoms with van der Waals surface area (Å²) in [5, 5.41) is 24.5. The van der Waals surface area contributed by atoms with Gasteiger partial charge in [0.1, 0.15) is 18.6 Å². The van der Waals surface area contributed by atoms with Crippen LogP contribution in [0.1, 0.15) is 24.1 Å². The van der Waals surface area contributed by atoms with Gasteiger partial charge in [-0.3, -0.25) is 24.0 Å². The number of H-pyrrole nitrogens is 1. The van der Waals surface area contributed by atoms with Crippen molar-refractivity contribution in [2.45, 2.75) is 26.1 Å². The topological polar surface area (TPSA) is 114 Å². The molecule has 206 valence electrons. The third-order valence-corrected chi connectivity index (χ3v) is 6.77. The second-order valence-electron chi connectivity index (χ2n) is 9.92. The van der Waals surface area contributed by atoms with Crippen LogP contribution in [0.2, 0.25) is 0 Å². The molecule has 0 spiro atoms. The Balaban J connectivity index is 1.72. The van der Waals surface area contributed by atoms with Gasteiger partial charge in [-0.15, -0.1) is 0 Å². The number of hydrogen-bond donors (Lipinski definition) is 4. The summed E-state index contributed by atoms with van der Waals surface area (Å²) in [6.07, 6.45) is -4.26. The van der Waals surface area contributed by atoms with Gasteiger partial charge in [0.2, 0.25) is 0 Å². The molecule has 1 aromatic carbocycles. The van der Waals surface area contributed by atoms with E-state index in [0.29, 0.717) is 29.7 Å². The molecule has 13 heteroatoms. The van der Waals surface area contributed by atoms with E-state index in [1.807, 2.05) is 30.9 Å². The number of fused-ring (bicyclic) bond motifs is 1. The number of anilines is 2. The zero-order valence-corrected chi connectivity index (χ0v) is 21.6. The van der Waals surface area contributed by atoms with E-state index in [0.717, 1.165) is 18.2 Å². The van der Waals surface area contributed by atoms with E-state index in [2.05, 4.69) is 10.3 Å². The Kier molecular flexibility index (Phi) is 7.32. The van der Waals surface area contributed by atoms with Gasteiger partial charge in [-0.05, 0) is 53.4 Å². The highest BCUT2D eigenvalue weighted by Crippen LogP contribution is 2.32. The fourth-order valence-electron chi connectivity index (χ4n) is 4.95. The number of halogens is 3. The smallest absolute Gasteiger partial charge is 0.372 e. The number of benzene rings is 1. The van der Waals surface area contributed by atoms with Crippen molar-refractivity contribution in [2.75, 3.05) is 50.0 Å². The van der Waals surface area contributed by atoms with E-state index >= 15 is 0 Å². The lowest BCUT2D eigenvalue weighted by atomic mass is 9.97. The highest BCUT2D eigenvalue weighted by Gasteiger charge is 2.33. The maximum Gasteiger partial charge on any atom is 0.401 e. The Hall–Kier alpha value is -3.39. The number of pyridine rings is 2. The van der Waals surface area contributed by atoms with Crippen LogP contribution in [0.5, 0.6) is 0 Å². The molecule has 3 heterocycles. The number of quaternary nitrogens is 1. The fraction of sp³-hybridized carbons (Fsp3) is 0.440. The molecule has 2 aromatic heterocycles. The minimum Gasteiger partial charge on any atom is -0.372 e. The van der Waals surface area contributed by atoms with Crippen LogP contribution in [0.4, 0.5) is 30.5 Å². The summed E-state index contributed by atoms with van der Waals surface area (Å²) in [5.41, 5.74) is 1.15. The normalized spacial score (nSPS) is 16.2. The average Bonchev–Trinajstić information content (AvgIpc) is 2.81. The van der Waals surface area contributed by atoms with Gasteiger partial charge < -0.3 is 10.2 Å². The van der Waals surface area contributed by atoms with Crippen LogP contribution < -0.4 is 26.1 Å². The van der Waals surface area contributed by atoms with E-state index in [4.69, 9.17) is 0 Å². The van der Waals surface area contributed by atoms with Crippen LogP contribution in [-0.4, -0.2) is 70.8 Å². The van der Waals surface area contributed by atoms with E-state index in [9.17, 15) is 33.2 Å². The second kappa shape index (κ2) is 10.1. The zero-order chi connectivity index (χ0) is 28.0. The molecule has 1 atom stereocenters. The Labute approximate surface area is 216 Å². The van der Waals surface area contributed by atoms with Crippen molar-refractivity contribution in [2.24, 2.45) is 7.05 Å². The number of alkyl halides is 3. The molecule has 10 nitrogen and oxygen atoms in total. The maximum atomic E-state index is 13.4. The summed E-state index contributed by atoms with van der Waals surface area (Å²) in [4.78, 5) is 29.3. The SMILES string of the molecule is Cc1cc(C(C)Nc2ccc(=O)[nH]c2[N+](C)(O)O)c2cc(N3CCN(CC(F)(F)F)CC3)n(C)c(=O)c2c1. The van der Waals surface area contributed by atoms with Crippen LogP contribution in [-0.2, 0) is 7.05 Å². The number of aromatic nitrogens is 2. The van der Waals surface area contributed by atoms with E-state index < -0.39 is 29.1 Å². The van der Waals surface area contributed by atoms with Crippen molar-refractivity contribution in [1.82, 2.24) is 19.3 Å². The van der Waals surface area contributed by atoms with Crippen molar-refractivity contribution >= 4 is 28.1 Å². The van der Waals surface area contributed by atoms with Gasteiger partial charge in [0.25, 0.3) is 16.9 Å². The molecule has 0 bridgehead atoms. The largest absolute Gasteiger partial charge is 0.401 e. The lowest BCUT2D eigenvalue weighted by Crippen LogP contribution is -2.50. The van der Waals surface area contributed by atoms with Gasteiger partial charge in [-0.1, -0.05) is 6.07 Å². The predicted molar refractivity (Wildman–Crippen MR) is 139 cm³/mol. The zero-order valence-electron chi connectivity index (χ0n) is 21.6. The lowest BCUT2D eigenvalue weighted by Gasteiger charge is -2.37. The number of hydrogen-bond acceptors (Lipinski definition) is 7. The molecular formula is C25H32F3N6O4+. The summed E-state index contributed by atoms with van der Waals surface area (Å²) >= 11 is 0. The number of hydroxylamine groups is 2. The lowest BCUT2D eigenvalue weighted by molar-refractivity contribution is -0.274. The van der Waals surface area contributed by atoms with Gasteiger partial charge in [0.15, 0.2) is 0 Å². The Morgan fingerprint density at radius 2 is 1.74 bits per heavy atom. The molecule has 1 aliphatic rings. The third kappa shape index (κ3) is 5.85. The van der Waals surface area contributed by atoms with Gasteiger partial charge >= 0.3 is 6.18 Å². The number of aryl methyl sites for hydroxylation is 1. The van der Waals surface area contributed by atoms with Gasteiger partial charge in [-0.2, -0.15) is 23.6 Å². The first-order valence-electron chi connectivity index (χ1n) is 12.1. The van der Waals surface area contributed by atoms with Crippen molar-refractivity contribution < 1.29 is 23.6 Å². The average molecular weight is 538 g/mol. The summed E-state index contributed by atoms with van der Waals surface area (Å²) in [6.45, 7) is 3.87.